The van der Waals surface area contributed by atoms with Gasteiger partial charge in [-0.2, -0.15) is 0 Å². The first-order valence-corrected chi connectivity index (χ1v) is 9.02. The Bertz CT molecular complexity index is 930. The number of aromatic nitrogens is 2. The van der Waals surface area contributed by atoms with E-state index in [1.807, 2.05) is 24.3 Å². The summed E-state index contributed by atoms with van der Waals surface area (Å²) >= 11 is 5.94. The van der Waals surface area contributed by atoms with Crippen LogP contribution in [0.15, 0.2) is 72.0 Å². The molecule has 1 N–H and O–H groups in total. The van der Waals surface area contributed by atoms with Crippen LogP contribution in [0.3, 0.4) is 0 Å². The molecule has 2 aromatic heterocycles. The summed E-state index contributed by atoms with van der Waals surface area (Å²) in [6, 6.07) is 13.7. The van der Waals surface area contributed by atoms with Crippen LogP contribution >= 0.6 is 11.6 Å². The van der Waals surface area contributed by atoms with Gasteiger partial charge in [0.05, 0.1) is 10.7 Å². The number of pyridine rings is 2. The van der Waals surface area contributed by atoms with Crippen LogP contribution in [0.5, 0.6) is 0 Å². The second-order valence-electron chi connectivity index (χ2n) is 5.05. The van der Waals surface area contributed by atoms with Crippen molar-refractivity contribution in [1.29, 1.82) is 0 Å². The smallest absolute Gasteiger partial charge is 0.242 e. The molecule has 0 saturated carbocycles. The Kier molecular flexibility index (Phi) is 4.89. The number of hydrogen-bond acceptors (Lipinski definition) is 4. The maximum atomic E-state index is 12.3. The Labute approximate surface area is 145 Å². The van der Waals surface area contributed by atoms with Crippen LogP contribution in [-0.4, -0.2) is 18.4 Å². The summed E-state index contributed by atoms with van der Waals surface area (Å²) in [5.74, 6) is 0. The van der Waals surface area contributed by atoms with Gasteiger partial charge in [0.2, 0.25) is 10.0 Å². The minimum Gasteiger partial charge on any atom is -0.264 e. The Morgan fingerprint density at radius 2 is 1.83 bits per heavy atom. The molecule has 0 radical (unpaired) electrons. The van der Waals surface area contributed by atoms with Gasteiger partial charge in [-0.25, -0.2) is 13.1 Å². The summed E-state index contributed by atoms with van der Waals surface area (Å²) in [7, 11) is -3.67. The van der Waals surface area contributed by atoms with Gasteiger partial charge < -0.3 is 0 Å². The highest BCUT2D eigenvalue weighted by Crippen LogP contribution is 2.20. The van der Waals surface area contributed by atoms with Gasteiger partial charge >= 0.3 is 0 Å². The molecule has 5 nitrogen and oxygen atoms in total. The van der Waals surface area contributed by atoms with Crippen molar-refractivity contribution in [3.8, 4) is 11.3 Å². The van der Waals surface area contributed by atoms with E-state index >= 15 is 0 Å². The predicted molar refractivity (Wildman–Crippen MR) is 92.9 cm³/mol. The molecule has 24 heavy (non-hydrogen) atoms. The third kappa shape index (κ3) is 3.79. The molecule has 122 valence electrons. The Morgan fingerprint density at radius 3 is 2.50 bits per heavy atom. The van der Waals surface area contributed by atoms with Crippen LogP contribution in [-0.2, 0) is 16.6 Å². The van der Waals surface area contributed by atoms with E-state index in [9.17, 15) is 8.42 Å². The Morgan fingerprint density at radius 1 is 1.00 bits per heavy atom. The van der Waals surface area contributed by atoms with Crippen molar-refractivity contribution in [3.05, 3.63) is 77.7 Å². The number of hydrogen-bond donors (Lipinski definition) is 1. The lowest BCUT2D eigenvalue weighted by molar-refractivity contribution is 0.581. The Hall–Kier alpha value is -2.28. The van der Waals surface area contributed by atoms with E-state index in [1.54, 1.807) is 36.8 Å². The highest BCUT2D eigenvalue weighted by atomic mass is 35.5. The summed E-state index contributed by atoms with van der Waals surface area (Å²) in [5.41, 5.74) is 2.43. The standard InChI is InChI=1S/C17H14ClN3O2S/c18-15-5-1-2-6-17(15)24(22,23)21-11-13-7-8-16(20-10-13)14-4-3-9-19-12-14/h1-10,12,21H,11H2. The first kappa shape index (κ1) is 16.6. The summed E-state index contributed by atoms with van der Waals surface area (Å²) < 4.78 is 27.1. The highest BCUT2D eigenvalue weighted by Gasteiger charge is 2.16. The molecule has 0 spiro atoms. The van der Waals surface area contributed by atoms with Gasteiger partial charge in [0.1, 0.15) is 4.90 Å². The second-order valence-corrected chi connectivity index (χ2v) is 7.19. The summed E-state index contributed by atoms with van der Waals surface area (Å²) in [4.78, 5) is 8.45. The fourth-order valence-corrected chi connectivity index (χ4v) is 3.67. The molecule has 0 atom stereocenters. The second kappa shape index (κ2) is 7.09. The highest BCUT2D eigenvalue weighted by molar-refractivity contribution is 7.89. The lowest BCUT2D eigenvalue weighted by Crippen LogP contribution is -2.23. The van der Waals surface area contributed by atoms with Crippen molar-refractivity contribution in [3.63, 3.8) is 0 Å². The fraction of sp³-hybridized carbons (Fsp3) is 0.0588. The number of sulfonamides is 1. The molecule has 0 saturated heterocycles. The third-order valence-electron chi connectivity index (χ3n) is 3.37. The zero-order valence-electron chi connectivity index (χ0n) is 12.6. The average Bonchev–Trinajstić information content (AvgIpc) is 2.61. The SMILES string of the molecule is O=S(=O)(NCc1ccc(-c2cccnc2)nc1)c1ccccc1Cl. The van der Waals surface area contributed by atoms with E-state index in [4.69, 9.17) is 11.6 Å². The molecule has 7 heteroatoms. The van der Waals surface area contributed by atoms with Gasteiger partial charge in [0, 0.05) is 30.7 Å². The molecule has 0 aliphatic rings. The third-order valence-corrected chi connectivity index (χ3v) is 5.28. The number of benzene rings is 1. The van der Waals surface area contributed by atoms with Crippen LogP contribution in [0.1, 0.15) is 5.56 Å². The van der Waals surface area contributed by atoms with Crippen LogP contribution in [0, 0.1) is 0 Å². The first-order valence-electron chi connectivity index (χ1n) is 7.16. The van der Waals surface area contributed by atoms with E-state index in [2.05, 4.69) is 14.7 Å². The predicted octanol–water partition coefficient (Wildman–Crippen LogP) is 3.28. The normalized spacial score (nSPS) is 11.4. The molecule has 0 unspecified atom stereocenters. The lowest BCUT2D eigenvalue weighted by atomic mass is 10.1. The van der Waals surface area contributed by atoms with E-state index in [0.717, 1.165) is 16.8 Å². The maximum absolute atomic E-state index is 12.3. The van der Waals surface area contributed by atoms with Crippen molar-refractivity contribution < 1.29 is 8.42 Å². The average molecular weight is 360 g/mol. The molecule has 2 heterocycles. The van der Waals surface area contributed by atoms with Crippen LogP contribution < -0.4 is 4.72 Å². The summed E-state index contributed by atoms with van der Waals surface area (Å²) in [6.07, 6.45) is 5.06. The number of nitrogens with one attached hydrogen (secondary N) is 1. The molecule has 0 amide bonds. The van der Waals surface area contributed by atoms with Crippen molar-refractivity contribution in [1.82, 2.24) is 14.7 Å². The van der Waals surface area contributed by atoms with Crippen molar-refractivity contribution in [2.75, 3.05) is 0 Å². The van der Waals surface area contributed by atoms with Crippen molar-refractivity contribution in [2.24, 2.45) is 0 Å². The number of rotatable bonds is 5. The van der Waals surface area contributed by atoms with E-state index in [0.29, 0.717) is 0 Å². The molecule has 1 aromatic carbocycles. The van der Waals surface area contributed by atoms with E-state index < -0.39 is 10.0 Å². The zero-order valence-corrected chi connectivity index (χ0v) is 14.1. The minimum atomic E-state index is -3.67. The van der Waals surface area contributed by atoms with Gasteiger partial charge in [0.15, 0.2) is 0 Å². The summed E-state index contributed by atoms with van der Waals surface area (Å²) in [6.45, 7) is 0.133. The quantitative estimate of drug-likeness (QED) is 0.758. The molecule has 0 aliphatic carbocycles. The molecule has 0 fully saturated rings. The molecular formula is C17H14ClN3O2S. The number of nitrogens with zero attached hydrogens (tertiary/aromatic N) is 2. The first-order chi connectivity index (χ1) is 11.6. The molecule has 0 bridgehead atoms. The monoisotopic (exact) mass is 359 g/mol. The Balaban J connectivity index is 1.72. The van der Waals surface area contributed by atoms with Crippen molar-refractivity contribution >= 4 is 21.6 Å². The van der Waals surface area contributed by atoms with Gasteiger partial charge in [-0.1, -0.05) is 29.8 Å². The van der Waals surface area contributed by atoms with Gasteiger partial charge in [0.25, 0.3) is 0 Å². The topological polar surface area (TPSA) is 72.0 Å². The van der Waals surface area contributed by atoms with Crippen LogP contribution in [0.4, 0.5) is 0 Å². The fourth-order valence-electron chi connectivity index (χ4n) is 2.13. The molecule has 0 aliphatic heterocycles. The van der Waals surface area contributed by atoms with E-state index in [1.165, 1.54) is 6.07 Å². The van der Waals surface area contributed by atoms with Crippen LogP contribution in [0.25, 0.3) is 11.3 Å². The minimum absolute atomic E-state index is 0.0617. The van der Waals surface area contributed by atoms with Crippen LogP contribution in [0.2, 0.25) is 5.02 Å². The van der Waals surface area contributed by atoms with Gasteiger partial charge in [-0.05, 0) is 35.9 Å². The number of halogens is 1. The van der Waals surface area contributed by atoms with Gasteiger partial charge in [-0.15, -0.1) is 0 Å². The van der Waals surface area contributed by atoms with Crippen molar-refractivity contribution in [2.45, 2.75) is 11.4 Å². The van der Waals surface area contributed by atoms with Gasteiger partial charge in [-0.3, -0.25) is 9.97 Å². The van der Waals surface area contributed by atoms with E-state index in [-0.39, 0.29) is 16.5 Å². The maximum Gasteiger partial charge on any atom is 0.242 e. The summed E-state index contributed by atoms with van der Waals surface area (Å²) in [5, 5.41) is 0.190. The largest absolute Gasteiger partial charge is 0.264 e. The molecular weight excluding hydrogens is 346 g/mol. The zero-order chi connectivity index (χ0) is 17.0. The lowest BCUT2D eigenvalue weighted by Gasteiger charge is -2.08. The molecule has 3 aromatic rings. The molecule has 3 rings (SSSR count).